The zero-order chi connectivity index (χ0) is 15.6. The average Bonchev–Trinajstić information content (AvgIpc) is 2.43. The summed E-state index contributed by atoms with van der Waals surface area (Å²) in [6.07, 6.45) is 0.896. The number of piperidine rings is 1. The highest BCUT2D eigenvalue weighted by Crippen LogP contribution is 2.25. The molecule has 0 amide bonds. The van der Waals surface area contributed by atoms with Crippen LogP contribution >= 0.6 is 11.6 Å². The Hall–Kier alpha value is -0.690. The van der Waals surface area contributed by atoms with Crippen LogP contribution in [0.15, 0.2) is 18.2 Å². The van der Waals surface area contributed by atoms with Crippen LogP contribution in [0.4, 0.5) is 4.39 Å². The van der Waals surface area contributed by atoms with Crippen molar-refractivity contribution in [3.05, 3.63) is 34.6 Å². The van der Waals surface area contributed by atoms with Crippen molar-refractivity contribution in [2.24, 2.45) is 5.92 Å². The van der Waals surface area contributed by atoms with Crippen LogP contribution in [-0.4, -0.2) is 37.0 Å². The van der Waals surface area contributed by atoms with Gasteiger partial charge in [0.15, 0.2) is 0 Å². The van der Waals surface area contributed by atoms with Gasteiger partial charge in [-0.25, -0.2) is 17.1 Å². The molecule has 1 heterocycles. The number of hydrogen-bond acceptors (Lipinski definition) is 3. The summed E-state index contributed by atoms with van der Waals surface area (Å²) < 4.78 is 39.2. The lowest BCUT2D eigenvalue weighted by Crippen LogP contribution is -2.41. The largest absolute Gasteiger partial charge is 0.393 e. The van der Waals surface area contributed by atoms with Crippen molar-refractivity contribution in [2.75, 3.05) is 13.1 Å². The van der Waals surface area contributed by atoms with E-state index >= 15 is 0 Å². The molecule has 0 aromatic heterocycles. The monoisotopic (exact) mass is 335 g/mol. The van der Waals surface area contributed by atoms with Gasteiger partial charge in [0.05, 0.1) is 16.9 Å². The third-order valence-electron chi connectivity index (χ3n) is 3.91. The van der Waals surface area contributed by atoms with Gasteiger partial charge < -0.3 is 5.11 Å². The van der Waals surface area contributed by atoms with Gasteiger partial charge in [-0.15, -0.1) is 0 Å². The van der Waals surface area contributed by atoms with Crippen molar-refractivity contribution in [1.82, 2.24) is 4.31 Å². The minimum absolute atomic E-state index is 0.0736. The van der Waals surface area contributed by atoms with Crippen LogP contribution in [0.1, 0.15) is 25.3 Å². The molecule has 0 bridgehead atoms. The Kier molecular flexibility index (Phi) is 5.24. The highest BCUT2D eigenvalue weighted by atomic mass is 35.5. The van der Waals surface area contributed by atoms with Gasteiger partial charge in [-0.3, -0.25) is 0 Å². The van der Waals surface area contributed by atoms with E-state index < -0.39 is 21.9 Å². The number of aliphatic hydroxyl groups excluding tert-OH is 1. The molecule has 118 valence electrons. The van der Waals surface area contributed by atoms with Crippen molar-refractivity contribution in [3.8, 4) is 0 Å². The fraction of sp³-hybridized carbons (Fsp3) is 0.571. The number of rotatable bonds is 4. The van der Waals surface area contributed by atoms with Crippen LogP contribution in [0.3, 0.4) is 0 Å². The fourth-order valence-electron chi connectivity index (χ4n) is 2.57. The highest BCUT2D eigenvalue weighted by Gasteiger charge is 2.29. The van der Waals surface area contributed by atoms with Gasteiger partial charge in [-0.1, -0.05) is 17.7 Å². The Labute approximate surface area is 129 Å². The average molecular weight is 336 g/mol. The smallest absolute Gasteiger partial charge is 0.218 e. The maximum atomic E-state index is 13.1. The number of sulfonamides is 1. The van der Waals surface area contributed by atoms with Gasteiger partial charge in [0.1, 0.15) is 5.82 Å². The first-order valence-corrected chi connectivity index (χ1v) is 8.88. The van der Waals surface area contributed by atoms with Crippen LogP contribution in [0.25, 0.3) is 0 Å². The molecule has 0 spiro atoms. The zero-order valence-electron chi connectivity index (χ0n) is 11.8. The minimum Gasteiger partial charge on any atom is -0.393 e. The molecule has 1 aromatic rings. The molecule has 1 atom stereocenters. The number of aliphatic hydroxyl groups is 1. The van der Waals surface area contributed by atoms with E-state index in [0.717, 1.165) is 0 Å². The van der Waals surface area contributed by atoms with Crippen LogP contribution in [0.2, 0.25) is 5.02 Å². The van der Waals surface area contributed by atoms with Crippen molar-refractivity contribution in [3.63, 3.8) is 0 Å². The quantitative estimate of drug-likeness (QED) is 0.919. The van der Waals surface area contributed by atoms with E-state index in [0.29, 0.717) is 31.5 Å². The molecule has 0 radical (unpaired) electrons. The van der Waals surface area contributed by atoms with E-state index in [9.17, 15) is 17.9 Å². The second-order valence-corrected chi connectivity index (χ2v) is 7.86. The Bertz CT molecular complexity index is 598. The van der Waals surface area contributed by atoms with Crippen LogP contribution < -0.4 is 0 Å². The number of hydrogen-bond donors (Lipinski definition) is 1. The molecule has 1 fully saturated rings. The summed E-state index contributed by atoms with van der Waals surface area (Å²) in [6.45, 7) is 2.55. The van der Waals surface area contributed by atoms with Crippen molar-refractivity contribution in [1.29, 1.82) is 0 Å². The fourth-order valence-corrected chi connectivity index (χ4v) is 4.32. The molecule has 1 aliphatic rings. The van der Waals surface area contributed by atoms with Crippen LogP contribution in [0, 0.1) is 11.7 Å². The van der Waals surface area contributed by atoms with Gasteiger partial charge in [0, 0.05) is 13.1 Å². The van der Waals surface area contributed by atoms with Crippen molar-refractivity contribution < 1.29 is 17.9 Å². The second kappa shape index (κ2) is 6.60. The first-order valence-electron chi connectivity index (χ1n) is 6.89. The first-order chi connectivity index (χ1) is 9.79. The third-order valence-corrected chi connectivity index (χ3v) is 6.05. The SMILES string of the molecule is C[C@H](O)C1CCN(S(=O)(=O)Cc2ccc(F)c(Cl)c2)CC1. The summed E-state index contributed by atoms with van der Waals surface area (Å²) in [7, 11) is -3.44. The Morgan fingerprint density at radius 1 is 1.43 bits per heavy atom. The molecule has 0 aliphatic carbocycles. The summed E-state index contributed by atoms with van der Waals surface area (Å²) >= 11 is 5.67. The van der Waals surface area contributed by atoms with Crippen molar-refractivity contribution in [2.45, 2.75) is 31.6 Å². The lowest BCUT2D eigenvalue weighted by Gasteiger charge is -2.32. The summed E-state index contributed by atoms with van der Waals surface area (Å²) in [5, 5.41) is 9.47. The minimum atomic E-state index is -3.44. The van der Waals surface area contributed by atoms with Gasteiger partial charge in [-0.2, -0.15) is 0 Å². The summed E-state index contributed by atoms with van der Waals surface area (Å²) in [4.78, 5) is 0. The topological polar surface area (TPSA) is 57.6 Å². The molecule has 1 saturated heterocycles. The van der Waals surface area contributed by atoms with Gasteiger partial charge in [-0.05, 0) is 43.4 Å². The van der Waals surface area contributed by atoms with E-state index in [4.69, 9.17) is 11.6 Å². The number of benzene rings is 1. The predicted octanol–water partition coefficient (Wildman–Crippen LogP) is 2.40. The molecule has 7 heteroatoms. The zero-order valence-corrected chi connectivity index (χ0v) is 13.4. The van der Waals surface area contributed by atoms with Gasteiger partial charge >= 0.3 is 0 Å². The number of halogens is 2. The normalized spacial score (nSPS) is 19.6. The van der Waals surface area contributed by atoms with Gasteiger partial charge in [0.25, 0.3) is 0 Å². The van der Waals surface area contributed by atoms with Crippen LogP contribution in [0.5, 0.6) is 0 Å². The van der Waals surface area contributed by atoms with E-state index in [-0.39, 0.29) is 16.7 Å². The Morgan fingerprint density at radius 2 is 2.05 bits per heavy atom. The Morgan fingerprint density at radius 3 is 2.57 bits per heavy atom. The van der Waals surface area contributed by atoms with Crippen molar-refractivity contribution >= 4 is 21.6 Å². The summed E-state index contributed by atoms with van der Waals surface area (Å²) in [5.41, 5.74) is 0.471. The van der Waals surface area contributed by atoms with E-state index in [1.807, 2.05) is 0 Å². The molecule has 1 N–H and O–H groups in total. The van der Waals surface area contributed by atoms with Gasteiger partial charge in [0.2, 0.25) is 10.0 Å². The Balaban J connectivity index is 2.04. The van der Waals surface area contributed by atoms with E-state index in [1.54, 1.807) is 6.92 Å². The molecular weight excluding hydrogens is 317 g/mol. The molecular formula is C14H19ClFNO3S. The maximum absolute atomic E-state index is 13.1. The summed E-state index contributed by atoms with van der Waals surface area (Å²) in [6, 6.07) is 3.95. The first kappa shape index (κ1) is 16.7. The summed E-state index contributed by atoms with van der Waals surface area (Å²) in [5.74, 6) is -0.598. The maximum Gasteiger partial charge on any atom is 0.218 e. The molecule has 2 rings (SSSR count). The standard InChI is InChI=1S/C14H19ClFNO3S/c1-10(18)12-4-6-17(7-5-12)21(19,20)9-11-2-3-14(16)13(15)8-11/h2-3,8,10,12,18H,4-7,9H2,1H3/t10-/m0/s1. The molecule has 21 heavy (non-hydrogen) atoms. The predicted molar refractivity (Wildman–Crippen MR) is 80.0 cm³/mol. The lowest BCUT2D eigenvalue weighted by molar-refractivity contribution is 0.0912. The molecule has 0 saturated carbocycles. The molecule has 0 unspecified atom stereocenters. The lowest BCUT2D eigenvalue weighted by atomic mass is 9.93. The molecule has 4 nitrogen and oxygen atoms in total. The van der Waals surface area contributed by atoms with E-state index in [2.05, 4.69) is 0 Å². The second-order valence-electron chi connectivity index (χ2n) is 5.48. The van der Waals surface area contributed by atoms with Crippen LogP contribution in [-0.2, 0) is 15.8 Å². The number of nitrogens with zero attached hydrogens (tertiary/aromatic N) is 1. The molecule has 1 aliphatic heterocycles. The van der Waals surface area contributed by atoms with E-state index in [1.165, 1.54) is 22.5 Å². The third kappa shape index (κ3) is 4.16. The highest BCUT2D eigenvalue weighted by molar-refractivity contribution is 7.88. The molecule has 1 aromatic carbocycles.